The molecule has 16 bridgehead atoms. The molecule has 2 saturated heterocycles. The molecule has 574 valence electrons. The molecule has 0 radical (unpaired) electrons. The van der Waals surface area contributed by atoms with E-state index in [4.69, 9.17) is 37.9 Å². The van der Waals surface area contributed by atoms with Crippen LogP contribution in [0, 0.1) is 104 Å². The van der Waals surface area contributed by atoms with Crippen molar-refractivity contribution in [2.24, 2.45) is 104 Å². The number of carbonyl (C=O) groups is 8. The highest BCUT2D eigenvalue weighted by Crippen LogP contribution is 2.64. The Hall–Kier alpha value is -4.32. The first-order valence-corrected chi connectivity index (χ1v) is 38.7. The summed E-state index contributed by atoms with van der Waals surface area (Å²) < 4.78 is 45.9. The van der Waals surface area contributed by atoms with Gasteiger partial charge in [0.05, 0.1) is 56.9 Å². The first-order chi connectivity index (χ1) is 45.6. The van der Waals surface area contributed by atoms with Crippen molar-refractivity contribution in [1.29, 1.82) is 0 Å². The fourth-order valence-electron chi connectivity index (χ4n) is 24.3. The summed E-state index contributed by atoms with van der Waals surface area (Å²) in [5.74, 6) is 4.25. The molecule has 0 aromatic carbocycles. The van der Waals surface area contributed by atoms with Crippen LogP contribution in [-0.2, 0) is 76.3 Å². The first-order valence-electron chi connectivity index (χ1n) is 38.7. The fraction of sp³-hybridized carbons (Fsp3) is 0.904. The van der Waals surface area contributed by atoms with E-state index in [1.165, 1.54) is 64.2 Å². The average molecular weight is 1420 g/mol. The topological polar surface area (TPSA) is 251 Å². The van der Waals surface area contributed by atoms with Crippen LogP contribution in [0.5, 0.6) is 0 Å². The molecule has 9 unspecified atom stereocenters. The lowest BCUT2D eigenvalue weighted by Gasteiger charge is -2.59. The average Bonchev–Trinajstić information content (AvgIpc) is 1.10. The number of hydrogen-bond acceptors (Lipinski definition) is 18. The molecule has 101 heavy (non-hydrogen) atoms. The maximum Gasteiger partial charge on any atom is 0.347 e. The lowest BCUT2D eigenvalue weighted by molar-refractivity contribution is -0.229. The highest BCUT2D eigenvalue weighted by Gasteiger charge is 2.64. The minimum absolute atomic E-state index is 0. The molecular formula is C83H134O18. The van der Waals surface area contributed by atoms with Gasteiger partial charge in [0.25, 0.3) is 0 Å². The minimum atomic E-state index is -1.02. The molecule has 9 atom stereocenters. The Balaban J connectivity index is 0.000000177. The van der Waals surface area contributed by atoms with Crippen LogP contribution in [0.15, 0.2) is 0 Å². The van der Waals surface area contributed by atoms with E-state index in [9.17, 15) is 48.6 Å². The van der Waals surface area contributed by atoms with Crippen molar-refractivity contribution in [3.63, 3.8) is 0 Å². The summed E-state index contributed by atoms with van der Waals surface area (Å²) in [5.41, 5.74) is -8.23. The van der Waals surface area contributed by atoms with Crippen LogP contribution < -0.4 is 0 Å². The van der Waals surface area contributed by atoms with Crippen molar-refractivity contribution in [2.75, 3.05) is 13.2 Å². The van der Waals surface area contributed by atoms with E-state index in [1.54, 1.807) is 20.8 Å². The number of cyclic esters (lactones) is 2. The molecule has 18 nitrogen and oxygen atoms in total. The third-order valence-corrected chi connectivity index (χ3v) is 29.0. The standard InChI is InChI=1S/C32H50O4.C30H46O6.C18H26O8.3CH4/c1-7-30(4,28(34)36-32(6)25-14-21-9-22(16-25)17-26(32)15-21)18-29(2,3)27(33)35-31(5)23-10-19-8-20(12-23)13-24(31)11-19;1-5-26(4,24(32)36-30-14-21-7-22(15-30)11-28(34,10-21)18-30)16-25(2,3)23(31)35-29-12-19-6-20(13-29)9-27(33,8-19)17-29;1-5-18(4,16(22)26-12-7-9-24-14(12)20)10-17(2,3)15(21)25-11-6-8-23-13(11)19;;;/h19-26H,7-18H2,1-6H3;19-22,33-34H,5-18H2,1-4H3;11-12H,5-10H2,1-4H3;3*1H4. The third kappa shape index (κ3) is 15.8. The molecule has 0 aromatic rings. The summed E-state index contributed by atoms with van der Waals surface area (Å²) in [6.07, 6.45) is 24.2. The second-order valence-electron chi connectivity index (χ2n) is 38.9. The largest absolute Gasteiger partial charge is 0.463 e. The van der Waals surface area contributed by atoms with Gasteiger partial charge >= 0.3 is 47.8 Å². The molecule has 18 aliphatic rings. The number of esters is 8. The van der Waals surface area contributed by atoms with Crippen LogP contribution in [0.3, 0.4) is 0 Å². The van der Waals surface area contributed by atoms with Crippen LogP contribution in [0.1, 0.15) is 312 Å². The van der Waals surface area contributed by atoms with Crippen LogP contribution >= 0.6 is 0 Å². The molecule has 0 aromatic heterocycles. The first kappa shape index (κ1) is 80.8. The Morgan fingerprint density at radius 3 is 0.960 bits per heavy atom. The van der Waals surface area contributed by atoms with Crippen molar-refractivity contribution in [3.8, 4) is 0 Å². The zero-order valence-electron chi connectivity index (χ0n) is 62.1. The summed E-state index contributed by atoms with van der Waals surface area (Å²) in [5, 5.41) is 22.2. The van der Waals surface area contributed by atoms with E-state index in [2.05, 4.69) is 20.8 Å². The molecule has 2 aliphatic heterocycles. The number of carbonyl (C=O) groups excluding carboxylic acids is 8. The number of hydrogen-bond donors (Lipinski definition) is 2. The van der Waals surface area contributed by atoms with Gasteiger partial charge in [0.1, 0.15) is 22.4 Å². The van der Waals surface area contributed by atoms with E-state index in [1.807, 2.05) is 55.4 Å². The molecule has 16 saturated carbocycles. The zero-order valence-corrected chi connectivity index (χ0v) is 62.1. The van der Waals surface area contributed by atoms with Crippen LogP contribution in [0.2, 0.25) is 0 Å². The number of rotatable bonds is 21. The molecule has 2 N–H and O–H groups in total. The van der Waals surface area contributed by atoms with Crippen LogP contribution in [-0.4, -0.2) is 117 Å². The van der Waals surface area contributed by atoms with Gasteiger partial charge in [-0.2, -0.15) is 0 Å². The van der Waals surface area contributed by atoms with Crippen LogP contribution in [0.25, 0.3) is 0 Å². The summed E-state index contributed by atoms with van der Waals surface area (Å²) in [6, 6.07) is 0. The molecule has 18 heteroatoms. The van der Waals surface area contributed by atoms with Crippen molar-refractivity contribution >= 4 is 47.8 Å². The van der Waals surface area contributed by atoms with Crippen molar-refractivity contribution in [2.45, 2.75) is 358 Å². The predicted octanol–water partition coefficient (Wildman–Crippen LogP) is 15.9. The van der Waals surface area contributed by atoms with Crippen molar-refractivity contribution in [1.82, 2.24) is 0 Å². The van der Waals surface area contributed by atoms with Crippen molar-refractivity contribution < 1.29 is 86.5 Å². The van der Waals surface area contributed by atoms with E-state index < -0.39 is 91.0 Å². The van der Waals surface area contributed by atoms with E-state index >= 15 is 0 Å². The highest BCUT2D eigenvalue weighted by molar-refractivity contribution is 5.86. The monoisotopic (exact) mass is 1420 g/mol. The maximum atomic E-state index is 13.9. The van der Waals surface area contributed by atoms with Gasteiger partial charge < -0.3 is 48.1 Å². The lowest BCUT2D eigenvalue weighted by atomic mass is 9.50. The minimum Gasteiger partial charge on any atom is -0.463 e. The highest BCUT2D eigenvalue weighted by atomic mass is 16.6. The molecule has 18 rings (SSSR count). The van der Waals surface area contributed by atoms with Gasteiger partial charge in [0, 0.05) is 25.7 Å². The Morgan fingerprint density at radius 2 is 0.653 bits per heavy atom. The summed E-state index contributed by atoms with van der Waals surface area (Å²) in [7, 11) is 0. The zero-order chi connectivity index (χ0) is 71.0. The summed E-state index contributed by atoms with van der Waals surface area (Å²) in [6.45, 7) is 27.5. The Labute approximate surface area is 605 Å². The van der Waals surface area contributed by atoms with Gasteiger partial charge in [0.15, 0.2) is 0 Å². The van der Waals surface area contributed by atoms with Gasteiger partial charge in [-0.1, -0.05) is 43.1 Å². The van der Waals surface area contributed by atoms with Crippen LogP contribution in [0.4, 0.5) is 0 Å². The van der Waals surface area contributed by atoms with Gasteiger partial charge in [-0.25, -0.2) is 9.59 Å². The summed E-state index contributed by atoms with van der Waals surface area (Å²) >= 11 is 0. The molecular weight excluding hydrogens is 1280 g/mol. The molecule has 18 fully saturated rings. The van der Waals surface area contributed by atoms with E-state index in [0.29, 0.717) is 105 Å². The van der Waals surface area contributed by atoms with Gasteiger partial charge in [-0.15, -0.1) is 0 Å². The van der Waals surface area contributed by atoms with Gasteiger partial charge in [-0.05, 0) is 314 Å². The summed E-state index contributed by atoms with van der Waals surface area (Å²) in [4.78, 5) is 103. The lowest BCUT2D eigenvalue weighted by Crippen LogP contribution is -2.61. The number of aliphatic hydroxyl groups is 2. The predicted molar refractivity (Wildman–Crippen MR) is 381 cm³/mol. The second kappa shape index (κ2) is 28.4. The third-order valence-electron chi connectivity index (χ3n) is 29.0. The second-order valence-corrected chi connectivity index (χ2v) is 38.9. The normalized spacial score (nSPS) is 40.8. The SMILES string of the molecule is C.C.C.CCC(C)(CC(C)(C)C(=O)OC1(C)C2CC3CC(C2)CC1C3)C(=O)OC1(C)C2CC3CC(C2)CC1C3.CCC(C)(CC(C)(C)C(=O)OC12CC3CC(CC(O)(C3)C1)C2)C(=O)OC12CC3CC(CC(O)(C3)C1)C2.CCC(C)(CC(C)(C)C(=O)OC1CCOC1=O)C(=O)OC1CCOC1=O. The Bertz CT molecular complexity index is 3020. The van der Waals surface area contributed by atoms with E-state index in [0.717, 1.165) is 87.9 Å². The van der Waals surface area contributed by atoms with Gasteiger partial charge in [0.2, 0.25) is 12.2 Å². The Morgan fingerprint density at radius 1 is 0.386 bits per heavy atom. The maximum absolute atomic E-state index is 13.9. The van der Waals surface area contributed by atoms with Crippen molar-refractivity contribution in [3.05, 3.63) is 0 Å². The Kier molecular flexibility index (Phi) is 22.7. The van der Waals surface area contributed by atoms with E-state index in [-0.39, 0.29) is 77.0 Å². The quantitative estimate of drug-likeness (QED) is 0.0800. The number of ether oxygens (including phenoxy) is 8. The molecule has 2 heterocycles. The molecule has 0 spiro atoms. The van der Waals surface area contributed by atoms with Gasteiger partial charge in [-0.3, -0.25) is 28.8 Å². The fourth-order valence-corrected chi connectivity index (χ4v) is 24.3. The molecule has 0 amide bonds. The smallest absolute Gasteiger partial charge is 0.347 e. The molecule has 16 aliphatic carbocycles.